The highest BCUT2D eigenvalue weighted by Gasteiger charge is 2.45. The van der Waals surface area contributed by atoms with Crippen LogP contribution in [0.4, 0.5) is 5.69 Å². The molecule has 0 bridgehead atoms. The van der Waals surface area contributed by atoms with Crippen molar-refractivity contribution < 1.29 is 23.9 Å². The third kappa shape index (κ3) is 4.30. The van der Waals surface area contributed by atoms with Gasteiger partial charge in [0.15, 0.2) is 11.5 Å². The molecule has 3 fully saturated rings. The van der Waals surface area contributed by atoms with Gasteiger partial charge in [0.05, 0.1) is 13.2 Å². The Bertz CT molecular complexity index is 812. The molecule has 0 unspecified atom stereocenters. The molecule has 1 aliphatic heterocycles. The fraction of sp³-hybridized carbons (Fsp3) is 0.609. The van der Waals surface area contributed by atoms with Crippen LogP contribution in [0.2, 0.25) is 0 Å². The van der Waals surface area contributed by atoms with Gasteiger partial charge in [-0.2, -0.15) is 0 Å². The van der Waals surface area contributed by atoms with E-state index in [2.05, 4.69) is 5.32 Å². The zero-order valence-corrected chi connectivity index (χ0v) is 17.5. The van der Waals surface area contributed by atoms with Crippen LogP contribution in [0.5, 0.6) is 11.5 Å². The standard InChI is InChI=1S/C23H30N2O5/c1-29-19-12-11-15(13-20(19)30-17-9-5-6-10-17)24-22(27)18-14-21(26)25(23(18)28)16-7-3-2-4-8-16/h11-13,16-18H,2-10,14H2,1H3,(H,24,27)/t18-/m0/s1. The molecule has 1 aromatic carbocycles. The van der Waals surface area contributed by atoms with E-state index in [4.69, 9.17) is 9.47 Å². The van der Waals surface area contributed by atoms with Crippen LogP contribution in [0.15, 0.2) is 18.2 Å². The van der Waals surface area contributed by atoms with Gasteiger partial charge in [0.1, 0.15) is 5.92 Å². The highest BCUT2D eigenvalue weighted by Crippen LogP contribution is 2.35. The van der Waals surface area contributed by atoms with E-state index in [0.29, 0.717) is 17.2 Å². The number of carbonyl (C=O) groups excluding carboxylic acids is 3. The Balaban J connectivity index is 1.44. The monoisotopic (exact) mass is 414 g/mol. The molecule has 1 N–H and O–H groups in total. The van der Waals surface area contributed by atoms with Crippen molar-refractivity contribution in [2.75, 3.05) is 12.4 Å². The fourth-order valence-electron chi connectivity index (χ4n) is 4.84. The van der Waals surface area contributed by atoms with Crippen LogP contribution in [0.3, 0.4) is 0 Å². The maximum atomic E-state index is 12.8. The van der Waals surface area contributed by atoms with Gasteiger partial charge >= 0.3 is 0 Å². The van der Waals surface area contributed by atoms with Crippen molar-refractivity contribution >= 4 is 23.4 Å². The number of nitrogens with zero attached hydrogens (tertiary/aromatic N) is 1. The molecule has 30 heavy (non-hydrogen) atoms. The van der Waals surface area contributed by atoms with Gasteiger partial charge in [-0.1, -0.05) is 19.3 Å². The van der Waals surface area contributed by atoms with E-state index < -0.39 is 11.8 Å². The minimum atomic E-state index is -0.958. The SMILES string of the molecule is COc1ccc(NC(=O)[C@@H]2CC(=O)N(C3CCCCC3)C2=O)cc1OC1CCCC1. The van der Waals surface area contributed by atoms with E-state index in [1.54, 1.807) is 25.3 Å². The number of hydrogen-bond acceptors (Lipinski definition) is 5. The van der Waals surface area contributed by atoms with Crippen molar-refractivity contribution in [2.24, 2.45) is 5.92 Å². The van der Waals surface area contributed by atoms with Gasteiger partial charge in [0, 0.05) is 24.2 Å². The van der Waals surface area contributed by atoms with Gasteiger partial charge in [0.25, 0.3) is 0 Å². The van der Waals surface area contributed by atoms with Crippen LogP contribution < -0.4 is 14.8 Å². The van der Waals surface area contributed by atoms with Crippen LogP contribution >= 0.6 is 0 Å². The molecule has 1 saturated heterocycles. The van der Waals surface area contributed by atoms with Crippen molar-refractivity contribution in [1.82, 2.24) is 4.90 Å². The van der Waals surface area contributed by atoms with Crippen molar-refractivity contribution in [1.29, 1.82) is 0 Å². The summed E-state index contributed by atoms with van der Waals surface area (Å²) in [5.41, 5.74) is 0.533. The quantitative estimate of drug-likeness (QED) is 0.567. The molecule has 2 saturated carbocycles. The van der Waals surface area contributed by atoms with E-state index in [0.717, 1.165) is 57.8 Å². The van der Waals surface area contributed by atoms with Crippen molar-refractivity contribution in [3.05, 3.63) is 18.2 Å². The van der Waals surface area contributed by atoms with Crippen LogP contribution in [0.25, 0.3) is 0 Å². The van der Waals surface area contributed by atoms with Gasteiger partial charge in [-0.05, 0) is 50.7 Å². The summed E-state index contributed by atoms with van der Waals surface area (Å²) in [5, 5.41) is 2.80. The van der Waals surface area contributed by atoms with E-state index >= 15 is 0 Å². The molecular weight excluding hydrogens is 384 g/mol. The first-order valence-electron chi connectivity index (χ1n) is 11.1. The Hall–Kier alpha value is -2.57. The van der Waals surface area contributed by atoms with E-state index in [1.807, 2.05) is 0 Å². The van der Waals surface area contributed by atoms with E-state index in [-0.39, 0.29) is 30.4 Å². The number of benzene rings is 1. The van der Waals surface area contributed by atoms with Crippen LogP contribution in [0.1, 0.15) is 64.2 Å². The number of amides is 3. The van der Waals surface area contributed by atoms with Gasteiger partial charge in [0.2, 0.25) is 17.7 Å². The topological polar surface area (TPSA) is 84.9 Å². The third-order valence-corrected chi connectivity index (χ3v) is 6.47. The summed E-state index contributed by atoms with van der Waals surface area (Å²) < 4.78 is 11.5. The molecule has 1 atom stereocenters. The number of methoxy groups -OCH3 is 1. The molecule has 7 nitrogen and oxygen atoms in total. The third-order valence-electron chi connectivity index (χ3n) is 6.47. The molecule has 3 aliphatic rings. The second kappa shape index (κ2) is 9.06. The molecular formula is C23H30N2O5. The minimum absolute atomic E-state index is 0.0519. The molecule has 1 heterocycles. The van der Waals surface area contributed by atoms with Gasteiger partial charge in [-0.3, -0.25) is 19.3 Å². The summed E-state index contributed by atoms with van der Waals surface area (Å²) in [6.45, 7) is 0. The Labute approximate surface area is 177 Å². The molecule has 0 aromatic heterocycles. The number of carbonyl (C=O) groups is 3. The molecule has 4 rings (SSSR count). The lowest BCUT2D eigenvalue weighted by Gasteiger charge is -2.29. The Morgan fingerprint density at radius 2 is 1.70 bits per heavy atom. The summed E-state index contributed by atoms with van der Waals surface area (Å²) >= 11 is 0. The van der Waals surface area contributed by atoms with Crippen LogP contribution in [0, 0.1) is 5.92 Å². The fourth-order valence-corrected chi connectivity index (χ4v) is 4.84. The van der Waals surface area contributed by atoms with E-state index in [9.17, 15) is 14.4 Å². The minimum Gasteiger partial charge on any atom is -0.493 e. The first kappa shape index (κ1) is 20.7. The predicted molar refractivity (Wildman–Crippen MR) is 111 cm³/mol. The average molecular weight is 415 g/mol. The maximum absolute atomic E-state index is 12.8. The Morgan fingerprint density at radius 1 is 1.00 bits per heavy atom. The number of nitrogens with one attached hydrogen (secondary N) is 1. The molecule has 162 valence electrons. The number of imide groups is 1. The van der Waals surface area contributed by atoms with Gasteiger partial charge < -0.3 is 14.8 Å². The normalized spacial score (nSPS) is 23.1. The van der Waals surface area contributed by atoms with Crippen LogP contribution in [-0.2, 0) is 14.4 Å². The maximum Gasteiger partial charge on any atom is 0.242 e. The molecule has 1 aromatic rings. The molecule has 0 radical (unpaired) electrons. The lowest BCUT2D eigenvalue weighted by molar-refractivity contribution is -0.143. The van der Waals surface area contributed by atoms with Crippen LogP contribution in [-0.4, -0.2) is 41.9 Å². The van der Waals surface area contributed by atoms with Crippen molar-refractivity contribution in [2.45, 2.75) is 76.4 Å². The van der Waals surface area contributed by atoms with Crippen molar-refractivity contribution in [3.8, 4) is 11.5 Å². The van der Waals surface area contributed by atoms with Gasteiger partial charge in [-0.15, -0.1) is 0 Å². The summed E-state index contributed by atoms with van der Waals surface area (Å²) in [4.78, 5) is 39.5. The number of ether oxygens (including phenoxy) is 2. The predicted octanol–water partition coefficient (Wildman–Crippen LogP) is 3.66. The lowest BCUT2D eigenvalue weighted by atomic mass is 9.94. The average Bonchev–Trinajstić information content (AvgIpc) is 3.36. The summed E-state index contributed by atoms with van der Waals surface area (Å²) in [5.74, 6) is -0.799. The molecule has 0 spiro atoms. The first-order chi connectivity index (χ1) is 14.6. The number of rotatable bonds is 6. The zero-order valence-electron chi connectivity index (χ0n) is 17.5. The zero-order chi connectivity index (χ0) is 21.1. The molecule has 7 heteroatoms. The number of hydrogen-bond donors (Lipinski definition) is 1. The van der Waals surface area contributed by atoms with Gasteiger partial charge in [-0.25, -0.2) is 0 Å². The summed E-state index contributed by atoms with van der Waals surface area (Å²) in [6, 6.07) is 5.15. The Kier molecular flexibility index (Phi) is 6.25. The largest absolute Gasteiger partial charge is 0.493 e. The number of likely N-dealkylation sites (tertiary alicyclic amines) is 1. The van der Waals surface area contributed by atoms with Crippen molar-refractivity contribution in [3.63, 3.8) is 0 Å². The van der Waals surface area contributed by atoms with E-state index in [1.165, 1.54) is 4.90 Å². The summed E-state index contributed by atoms with van der Waals surface area (Å²) in [6.07, 6.45) is 9.29. The lowest BCUT2D eigenvalue weighted by Crippen LogP contribution is -2.42. The summed E-state index contributed by atoms with van der Waals surface area (Å²) in [7, 11) is 1.58. The smallest absolute Gasteiger partial charge is 0.242 e. The second-order valence-corrected chi connectivity index (χ2v) is 8.53. The second-order valence-electron chi connectivity index (χ2n) is 8.53. The number of anilines is 1. The molecule has 3 amide bonds. The first-order valence-corrected chi connectivity index (χ1v) is 11.1. The Morgan fingerprint density at radius 3 is 2.40 bits per heavy atom. The highest BCUT2D eigenvalue weighted by atomic mass is 16.5. The molecule has 2 aliphatic carbocycles. The highest BCUT2D eigenvalue weighted by molar-refractivity contribution is 6.16.